The summed E-state index contributed by atoms with van der Waals surface area (Å²) < 4.78 is 25.9. The molecule has 5 nitrogen and oxygen atoms in total. The van der Waals surface area contributed by atoms with Gasteiger partial charge in [-0.1, -0.05) is 60.7 Å². The summed E-state index contributed by atoms with van der Waals surface area (Å²) >= 11 is 0. The monoisotopic (exact) mass is 321 g/mol. The molecule has 118 valence electrons. The molecule has 0 radical (unpaired) electrons. The van der Waals surface area contributed by atoms with Crippen LogP contribution in [-0.4, -0.2) is 30.5 Å². The number of carbonyl (C=O) groups is 1. The lowest BCUT2D eigenvalue weighted by molar-refractivity contribution is -0.119. The summed E-state index contributed by atoms with van der Waals surface area (Å²) in [7, 11) is -3.67. The zero-order valence-corrected chi connectivity index (χ0v) is 13.1. The highest BCUT2D eigenvalue weighted by Gasteiger charge is 2.03. The van der Waals surface area contributed by atoms with Gasteiger partial charge in [0.2, 0.25) is 6.41 Å². The molecule has 1 N–H and O–H groups in total. The molecular formula is C16H19NO4S. The molecule has 6 heteroatoms. The molecule has 2 aromatic carbocycles. The largest absolute Gasteiger partial charge is 0.337 e. The van der Waals surface area contributed by atoms with Crippen LogP contribution in [0.2, 0.25) is 0 Å². The van der Waals surface area contributed by atoms with Crippen molar-refractivity contribution < 1.29 is 17.8 Å². The average molecular weight is 321 g/mol. The van der Waals surface area contributed by atoms with E-state index in [0.717, 1.165) is 17.5 Å². The quantitative estimate of drug-likeness (QED) is 0.677. The molecule has 0 bridgehead atoms. The van der Waals surface area contributed by atoms with Gasteiger partial charge in [-0.3, -0.25) is 9.35 Å². The van der Waals surface area contributed by atoms with Crippen molar-refractivity contribution in [1.29, 1.82) is 0 Å². The first-order chi connectivity index (χ1) is 10.4. The lowest BCUT2D eigenvalue weighted by Gasteiger charge is -2.17. The maximum absolute atomic E-state index is 11.0. The van der Waals surface area contributed by atoms with Crippen LogP contribution in [0.3, 0.4) is 0 Å². The Kier molecular flexibility index (Phi) is 7.28. The van der Waals surface area contributed by atoms with E-state index >= 15 is 0 Å². The first-order valence-corrected chi connectivity index (χ1v) is 8.43. The molecule has 0 aliphatic rings. The van der Waals surface area contributed by atoms with E-state index in [1.54, 1.807) is 4.90 Å². The van der Waals surface area contributed by atoms with Crippen LogP contribution in [0.5, 0.6) is 0 Å². The van der Waals surface area contributed by atoms with Crippen LogP contribution in [0.25, 0.3) is 0 Å². The fourth-order valence-corrected chi connectivity index (χ4v) is 1.77. The number of amides is 1. The molecule has 0 atom stereocenters. The predicted molar refractivity (Wildman–Crippen MR) is 85.7 cm³/mol. The van der Waals surface area contributed by atoms with Crippen molar-refractivity contribution in [2.45, 2.75) is 13.1 Å². The van der Waals surface area contributed by atoms with Crippen molar-refractivity contribution >= 4 is 16.5 Å². The van der Waals surface area contributed by atoms with E-state index in [9.17, 15) is 13.2 Å². The highest BCUT2D eigenvalue weighted by Crippen LogP contribution is 2.07. The molecule has 0 spiro atoms. The van der Waals surface area contributed by atoms with E-state index in [4.69, 9.17) is 4.55 Å². The molecule has 0 aromatic heterocycles. The highest BCUT2D eigenvalue weighted by molar-refractivity contribution is 7.85. The van der Waals surface area contributed by atoms with Crippen LogP contribution in [0.4, 0.5) is 0 Å². The second-order valence-electron chi connectivity index (χ2n) is 4.71. The topological polar surface area (TPSA) is 74.7 Å². The van der Waals surface area contributed by atoms with E-state index in [0.29, 0.717) is 19.3 Å². The Hall–Kier alpha value is -2.18. The molecular weight excluding hydrogens is 302 g/mol. The molecule has 0 saturated carbocycles. The van der Waals surface area contributed by atoms with Crippen LogP contribution in [0.1, 0.15) is 11.1 Å². The molecule has 1 amide bonds. The van der Waals surface area contributed by atoms with Crippen LogP contribution in [0.15, 0.2) is 60.7 Å². The SMILES string of the molecule is CS(=O)(=O)O.O=CN(Cc1ccccc1)Cc1ccccc1. The normalized spacial score (nSPS) is 10.3. The fourth-order valence-electron chi connectivity index (χ4n) is 1.77. The van der Waals surface area contributed by atoms with Crippen molar-refractivity contribution in [2.24, 2.45) is 0 Å². The average Bonchev–Trinajstić information content (AvgIpc) is 2.47. The summed E-state index contributed by atoms with van der Waals surface area (Å²) in [5.41, 5.74) is 2.30. The van der Waals surface area contributed by atoms with Gasteiger partial charge in [0.25, 0.3) is 10.1 Å². The van der Waals surface area contributed by atoms with E-state index in [-0.39, 0.29) is 0 Å². The second kappa shape index (κ2) is 8.96. The number of benzene rings is 2. The van der Waals surface area contributed by atoms with E-state index in [2.05, 4.69) is 0 Å². The van der Waals surface area contributed by atoms with Gasteiger partial charge in [0.1, 0.15) is 0 Å². The number of carbonyl (C=O) groups excluding carboxylic acids is 1. The molecule has 2 rings (SSSR count). The Labute approximate surface area is 131 Å². The van der Waals surface area contributed by atoms with Gasteiger partial charge in [0.05, 0.1) is 6.26 Å². The van der Waals surface area contributed by atoms with Crippen LogP contribution in [-0.2, 0) is 28.0 Å². The van der Waals surface area contributed by atoms with Crippen molar-refractivity contribution in [3.63, 3.8) is 0 Å². The van der Waals surface area contributed by atoms with Crippen molar-refractivity contribution in [2.75, 3.05) is 6.26 Å². The third-order valence-electron chi connectivity index (χ3n) is 2.61. The van der Waals surface area contributed by atoms with Crippen LogP contribution < -0.4 is 0 Å². The smallest absolute Gasteiger partial charge is 0.261 e. The minimum atomic E-state index is -3.67. The molecule has 0 heterocycles. The lowest BCUT2D eigenvalue weighted by Crippen LogP contribution is -2.20. The summed E-state index contributed by atoms with van der Waals surface area (Å²) in [5, 5.41) is 0. The van der Waals surface area contributed by atoms with Gasteiger partial charge < -0.3 is 4.90 Å². The Morgan fingerprint density at radius 3 is 1.50 bits per heavy atom. The molecule has 0 saturated heterocycles. The Bertz CT molecular complexity index is 608. The lowest BCUT2D eigenvalue weighted by atomic mass is 10.2. The number of rotatable bonds is 5. The van der Waals surface area contributed by atoms with E-state index < -0.39 is 10.1 Å². The zero-order chi connectivity index (χ0) is 16.4. The van der Waals surface area contributed by atoms with Gasteiger partial charge in [-0.15, -0.1) is 0 Å². The van der Waals surface area contributed by atoms with Gasteiger partial charge >= 0.3 is 0 Å². The molecule has 0 unspecified atom stereocenters. The summed E-state index contributed by atoms with van der Waals surface area (Å²) in [6.07, 6.45) is 1.62. The van der Waals surface area contributed by atoms with E-state index in [1.165, 1.54) is 0 Å². The van der Waals surface area contributed by atoms with Gasteiger partial charge in [-0.25, -0.2) is 0 Å². The molecule has 0 fully saturated rings. The number of nitrogens with zero attached hydrogens (tertiary/aromatic N) is 1. The standard InChI is InChI=1S/C15H15NO.CH4O3S/c17-13-16(11-14-7-3-1-4-8-14)12-15-9-5-2-6-10-15;1-5(2,3)4/h1-10,13H,11-12H2;1H3,(H,2,3,4). The Balaban J connectivity index is 0.000000422. The molecule has 0 aliphatic heterocycles. The molecule has 0 aliphatic carbocycles. The molecule has 2 aromatic rings. The summed E-state index contributed by atoms with van der Waals surface area (Å²) in [6.45, 7) is 1.30. The van der Waals surface area contributed by atoms with Crippen molar-refractivity contribution in [1.82, 2.24) is 4.90 Å². The Morgan fingerprint density at radius 2 is 1.23 bits per heavy atom. The van der Waals surface area contributed by atoms with Crippen LogP contribution in [0, 0.1) is 0 Å². The second-order valence-corrected chi connectivity index (χ2v) is 6.18. The number of hydrogen-bond acceptors (Lipinski definition) is 3. The first-order valence-electron chi connectivity index (χ1n) is 6.58. The highest BCUT2D eigenvalue weighted by atomic mass is 32.2. The fraction of sp³-hybridized carbons (Fsp3) is 0.188. The van der Waals surface area contributed by atoms with Gasteiger partial charge in [-0.05, 0) is 11.1 Å². The third-order valence-corrected chi connectivity index (χ3v) is 2.61. The zero-order valence-electron chi connectivity index (χ0n) is 12.3. The number of hydrogen-bond donors (Lipinski definition) is 1. The van der Waals surface area contributed by atoms with Gasteiger partial charge in [0.15, 0.2) is 0 Å². The summed E-state index contributed by atoms with van der Waals surface area (Å²) in [6, 6.07) is 20.0. The van der Waals surface area contributed by atoms with Crippen molar-refractivity contribution in [3.8, 4) is 0 Å². The van der Waals surface area contributed by atoms with Crippen molar-refractivity contribution in [3.05, 3.63) is 71.8 Å². The first kappa shape index (κ1) is 17.9. The van der Waals surface area contributed by atoms with Crippen LogP contribution >= 0.6 is 0 Å². The molecule has 22 heavy (non-hydrogen) atoms. The summed E-state index contributed by atoms with van der Waals surface area (Å²) in [4.78, 5) is 12.8. The predicted octanol–water partition coefficient (Wildman–Crippen LogP) is 2.35. The maximum Gasteiger partial charge on any atom is 0.261 e. The minimum absolute atomic E-state index is 0.652. The van der Waals surface area contributed by atoms with Gasteiger partial charge in [0, 0.05) is 13.1 Å². The van der Waals surface area contributed by atoms with Gasteiger partial charge in [-0.2, -0.15) is 8.42 Å². The Morgan fingerprint density at radius 1 is 0.909 bits per heavy atom. The third kappa shape index (κ3) is 8.89. The van der Waals surface area contributed by atoms with E-state index in [1.807, 2.05) is 60.7 Å². The minimum Gasteiger partial charge on any atom is -0.337 e. The maximum atomic E-state index is 11.0. The summed E-state index contributed by atoms with van der Waals surface area (Å²) in [5.74, 6) is 0.